The van der Waals surface area contributed by atoms with Crippen LogP contribution in [0.4, 0.5) is 5.69 Å². The lowest BCUT2D eigenvalue weighted by Crippen LogP contribution is -2.11. The van der Waals surface area contributed by atoms with Crippen LogP contribution in [0, 0.1) is 0 Å². The molecule has 8 heteroatoms. The Balaban J connectivity index is 1.93. The van der Waals surface area contributed by atoms with Crippen molar-refractivity contribution in [2.45, 2.75) is 6.42 Å². The highest BCUT2D eigenvalue weighted by Crippen LogP contribution is 2.23. The zero-order valence-electron chi connectivity index (χ0n) is 10.8. The maximum Gasteiger partial charge on any atom is 0.355 e. The van der Waals surface area contributed by atoms with Gasteiger partial charge in [0.1, 0.15) is 0 Å². The van der Waals surface area contributed by atoms with Crippen LogP contribution in [0.1, 0.15) is 25.9 Å². The molecule has 1 aromatic heterocycles. The Morgan fingerprint density at radius 3 is 2.76 bits per heavy atom. The van der Waals surface area contributed by atoms with E-state index in [9.17, 15) is 9.59 Å². The molecule has 1 amide bonds. The molecule has 0 aliphatic rings. The topological polar surface area (TPSA) is 105 Å². The van der Waals surface area contributed by atoms with E-state index in [2.05, 4.69) is 10.3 Å². The standard InChI is InChI=1S/C13H12ClN3O3S/c14-8-5-7(12(15)18)1-2-9(8)16-4-3-11-17-10(6-21-11)13(19)20/h1-2,5-6,16H,3-4H2,(H2,15,18)(H,19,20). The van der Waals surface area contributed by atoms with Gasteiger partial charge in [0.15, 0.2) is 5.69 Å². The molecule has 0 unspecified atom stereocenters. The van der Waals surface area contributed by atoms with E-state index in [0.29, 0.717) is 29.2 Å². The summed E-state index contributed by atoms with van der Waals surface area (Å²) in [5.74, 6) is -1.57. The molecule has 2 aromatic rings. The Bertz CT molecular complexity index is 687. The molecule has 0 bridgehead atoms. The number of nitrogens with zero attached hydrogens (tertiary/aromatic N) is 1. The van der Waals surface area contributed by atoms with Gasteiger partial charge in [-0.2, -0.15) is 0 Å². The number of anilines is 1. The van der Waals surface area contributed by atoms with Crippen LogP contribution in [-0.4, -0.2) is 28.5 Å². The van der Waals surface area contributed by atoms with Gasteiger partial charge in [0.2, 0.25) is 5.91 Å². The van der Waals surface area contributed by atoms with E-state index >= 15 is 0 Å². The van der Waals surface area contributed by atoms with Gasteiger partial charge in [0.25, 0.3) is 0 Å². The number of halogens is 1. The van der Waals surface area contributed by atoms with Gasteiger partial charge < -0.3 is 16.2 Å². The van der Waals surface area contributed by atoms with Gasteiger partial charge in [-0.3, -0.25) is 4.79 Å². The van der Waals surface area contributed by atoms with Crippen molar-refractivity contribution in [3.63, 3.8) is 0 Å². The number of carbonyl (C=O) groups is 2. The lowest BCUT2D eigenvalue weighted by molar-refractivity contribution is 0.0691. The van der Waals surface area contributed by atoms with Crippen molar-refractivity contribution in [2.75, 3.05) is 11.9 Å². The zero-order valence-corrected chi connectivity index (χ0v) is 12.4. The Kier molecular flexibility index (Phi) is 4.77. The second-order valence-electron chi connectivity index (χ2n) is 4.17. The fourth-order valence-electron chi connectivity index (χ4n) is 1.64. The summed E-state index contributed by atoms with van der Waals surface area (Å²) in [6, 6.07) is 4.76. The van der Waals surface area contributed by atoms with Crippen LogP contribution >= 0.6 is 22.9 Å². The van der Waals surface area contributed by atoms with Gasteiger partial charge in [0.05, 0.1) is 15.7 Å². The fourth-order valence-corrected chi connectivity index (χ4v) is 2.66. The van der Waals surface area contributed by atoms with Crippen molar-refractivity contribution in [3.8, 4) is 0 Å². The third kappa shape index (κ3) is 3.93. The average Bonchev–Trinajstić information content (AvgIpc) is 2.89. The van der Waals surface area contributed by atoms with Crippen LogP contribution < -0.4 is 11.1 Å². The molecule has 0 saturated carbocycles. The molecule has 0 atom stereocenters. The van der Waals surface area contributed by atoms with Gasteiger partial charge in [-0.1, -0.05) is 11.6 Å². The van der Waals surface area contributed by atoms with Crippen molar-refractivity contribution in [1.29, 1.82) is 0 Å². The minimum absolute atomic E-state index is 0.0545. The minimum atomic E-state index is -1.03. The number of hydrogen-bond donors (Lipinski definition) is 3. The summed E-state index contributed by atoms with van der Waals surface area (Å²) in [5, 5.41) is 14.5. The number of carboxylic acid groups (broad SMARTS) is 1. The molecule has 1 aromatic carbocycles. The predicted octanol–water partition coefficient (Wildman–Crippen LogP) is 2.25. The van der Waals surface area contributed by atoms with E-state index in [1.807, 2.05) is 0 Å². The lowest BCUT2D eigenvalue weighted by atomic mass is 10.2. The molecule has 6 nitrogen and oxygen atoms in total. The van der Waals surface area contributed by atoms with E-state index in [0.717, 1.165) is 5.01 Å². The van der Waals surface area contributed by atoms with E-state index in [-0.39, 0.29) is 5.69 Å². The average molecular weight is 326 g/mol. The number of hydrogen-bond acceptors (Lipinski definition) is 5. The minimum Gasteiger partial charge on any atom is -0.476 e. The third-order valence-corrected chi connectivity index (χ3v) is 3.90. The molecule has 0 saturated heterocycles. The van der Waals surface area contributed by atoms with Crippen molar-refractivity contribution in [1.82, 2.24) is 4.98 Å². The third-order valence-electron chi connectivity index (χ3n) is 2.68. The maximum atomic E-state index is 11.0. The predicted molar refractivity (Wildman–Crippen MR) is 81.2 cm³/mol. The van der Waals surface area contributed by atoms with Gasteiger partial charge in [-0.05, 0) is 18.2 Å². The smallest absolute Gasteiger partial charge is 0.355 e. The van der Waals surface area contributed by atoms with E-state index in [4.69, 9.17) is 22.4 Å². The molecule has 0 fully saturated rings. The number of thiazole rings is 1. The number of amides is 1. The zero-order chi connectivity index (χ0) is 15.4. The highest BCUT2D eigenvalue weighted by molar-refractivity contribution is 7.09. The van der Waals surface area contributed by atoms with Gasteiger partial charge in [0, 0.05) is 23.9 Å². The van der Waals surface area contributed by atoms with Gasteiger partial charge in [-0.15, -0.1) is 11.3 Å². The van der Waals surface area contributed by atoms with Crippen LogP contribution in [0.2, 0.25) is 5.02 Å². The number of primary amides is 1. The maximum absolute atomic E-state index is 11.0. The second-order valence-corrected chi connectivity index (χ2v) is 5.52. The number of aromatic nitrogens is 1. The van der Waals surface area contributed by atoms with Crippen LogP contribution in [-0.2, 0) is 6.42 Å². The highest BCUT2D eigenvalue weighted by atomic mass is 35.5. The Hall–Kier alpha value is -2.12. The molecular formula is C13H12ClN3O3S. The number of rotatable bonds is 6. The largest absolute Gasteiger partial charge is 0.476 e. The molecule has 0 radical (unpaired) electrons. The molecule has 2 rings (SSSR count). The number of nitrogens with one attached hydrogen (secondary N) is 1. The Labute approximate surface area is 129 Å². The summed E-state index contributed by atoms with van der Waals surface area (Å²) < 4.78 is 0. The van der Waals surface area contributed by atoms with Crippen molar-refractivity contribution < 1.29 is 14.7 Å². The van der Waals surface area contributed by atoms with Gasteiger partial charge >= 0.3 is 5.97 Å². The monoisotopic (exact) mass is 325 g/mol. The molecule has 4 N–H and O–H groups in total. The quantitative estimate of drug-likeness (QED) is 0.755. The number of aromatic carboxylic acids is 1. The SMILES string of the molecule is NC(=O)c1ccc(NCCc2nc(C(=O)O)cs2)c(Cl)c1. The van der Waals surface area contributed by atoms with Crippen LogP contribution in [0.25, 0.3) is 0 Å². The molecule has 0 spiro atoms. The van der Waals surface area contributed by atoms with Crippen molar-refractivity contribution >= 4 is 40.5 Å². The fraction of sp³-hybridized carbons (Fsp3) is 0.154. The number of carbonyl (C=O) groups excluding carboxylic acids is 1. The highest BCUT2D eigenvalue weighted by Gasteiger charge is 2.09. The Morgan fingerprint density at radius 2 is 2.19 bits per heavy atom. The summed E-state index contributed by atoms with van der Waals surface area (Å²) in [5.41, 5.74) is 6.24. The van der Waals surface area contributed by atoms with Crippen LogP contribution in [0.15, 0.2) is 23.6 Å². The summed E-state index contributed by atoms with van der Waals surface area (Å²) in [6.07, 6.45) is 0.575. The molecule has 0 aliphatic carbocycles. The van der Waals surface area contributed by atoms with Crippen molar-refractivity contribution in [2.24, 2.45) is 5.73 Å². The first-order chi connectivity index (χ1) is 9.97. The number of carboxylic acids is 1. The molecule has 1 heterocycles. The van der Waals surface area contributed by atoms with E-state index in [1.165, 1.54) is 22.8 Å². The summed E-state index contributed by atoms with van der Waals surface area (Å²) in [4.78, 5) is 25.7. The molecule has 110 valence electrons. The second kappa shape index (κ2) is 6.55. The molecular weight excluding hydrogens is 314 g/mol. The number of nitrogens with two attached hydrogens (primary N) is 1. The van der Waals surface area contributed by atoms with E-state index in [1.54, 1.807) is 12.1 Å². The van der Waals surface area contributed by atoms with Gasteiger partial charge in [-0.25, -0.2) is 9.78 Å². The Morgan fingerprint density at radius 1 is 1.43 bits per heavy atom. The molecule has 0 aliphatic heterocycles. The normalized spacial score (nSPS) is 10.3. The first-order valence-corrected chi connectivity index (χ1v) is 7.24. The van der Waals surface area contributed by atoms with Crippen LogP contribution in [0.5, 0.6) is 0 Å². The summed E-state index contributed by atoms with van der Waals surface area (Å²) in [7, 11) is 0. The first-order valence-electron chi connectivity index (χ1n) is 5.98. The summed E-state index contributed by atoms with van der Waals surface area (Å²) >= 11 is 7.34. The molecule has 21 heavy (non-hydrogen) atoms. The van der Waals surface area contributed by atoms with Crippen LogP contribution in [0.3, 0.4) is 0 Å². The number of benzene rings is 1. The van der Waals surface area contributed by atoms with E-state index < -0.39 is 11.9 Å². The lowest BCUT2D eigenvalue weighted by Gasteiger charge is -2.08. The first kappa shape index (κ1) is 15.3. The summed E-state index contributed by atoms with van der Waals surface area (Å²) in [6.45, 7) is 0.544. The van der Waals surface area contributed by atoms with Crippen molar-refractivity contribution in [3.05, 3.63) is 44.9 Å².